The molecule has 0 aromatic carbocycles. The molecule has 0 spiro atoms. The number of hydrogen-bond acceptors (Lipinski definition) is 3. The van der Waals surface area contributed by atoms with Crippen LogP contribution in [0.1, 0.15) is 20.3 Å². The summed E-state index contributed by atoms with van der Waals surface area (Å²) < 4.78 is 10.2. The fourth-order valence-electron chi connectivity index (χ4n) is 0.536. The minimum atomic E-state index is -0.842. The van der Waals surface area contributed by atoms with Gasteiger partial charge in [-0.25, -0.2) is 0 Å². The molecule has 0 aromatic rings. The van der Waals surface area contributed by atoms with Gasteiger partial charge in [0.1, 0.15) is 0 Å². The highest BCUT2D eigenvalue weighted by molar-refractivity contribution is 5.66. The van der Waals surface area contributed by atoms with Gasteiger partial charge in [-0.1, -0.05) is 0 Å². The molecule has 0 aliphatic rings. The molecule has 0 aliphatic carbocycles. The molecule has 0 aliphatic heterocycles. The van der Waals surface area contributed by atoms with Crippen molar-refractivity contribution in [3.63, 3.8) is 0 Å². The Bertz CT molecular complexity index is 142. The second-order valence-corrected chi connectivity index (χ2v) is 3.16. The summed E-state index contributed by atoms with van der Waals surface area (Å²) in [7, 11) is 1.60. The lowest BCUT2D eigenvalue weighted by atomic mass is 10.1. The van der Waals surface area contributed by atoms with Gasteiger partial charge in [0.15, 0.2) is 0 Å². The molecular weight excluding hydrogens is 160 g/mol. The second-order valence-electron chi connectivity index (χ2n) is 3.16. The van der Waals surface area contributed by atoms with E-state index in [1.165, 1.54) is 0 Å². The highest BCUT2D eigenvalue weighted by Gasteiger charge is 2.16. The van der Waals surface area contributed by atoms with Crippen LogP contribution < -0.4 is 0 Å². The average Bonchev–Trinajstić information content (AvgIpc) is 1.98. The summed E-state index contributed by atoms with van der Waals surface area (Å²) in [5.74, 6) is -0.842. The van der Waals surface area contributed by atoms with Crippen LogP contribution in [0.4, 0.5) is 0 Å². The summed E-state index contributed by atoms with van der Waals surface area (Å²) >= 11 is 0. The van der Waals surface area contributed by atoms with Crippen LogP contribution in [-0.4, -0.2) is 37.0 Å². The van der Waals surface area contributed by atoms with Gasteiger partial charge in [0.05, 0.1) is 25.2 Å². The van der Waals surface area contributed by atoms with Gasteiger partial charge in [-0.15, -0.1) is 0 Å². The number of carboxylic acids is 1. The third kappa shape index (κ3) is 6.12. The monoisotopic (exact) mass is 176 g/mol. The summed E-state index contributed by atoms with van der Waals surface area (Å²) in [6, 6.07) is 0. The standard InChI is InChI=1S/C8H16O4/c1-8(2,11-3)6-12-5-4-7(9)10/h4-6H2,1-3H3,(H,9,10). The van der Waals surface area contributed by atoms with E-state index in [1.807, 2.05) is 13.8 Å². The van der Waals surface area contributed by atoms with Crippen LogP contribution in [0, 0.1) is 0 Å². The number of methoxy groups -OCH3 is 1. The first-order chi connectivity index (χ1) is 5.48. The Labute approximate surface area is 72.5 Å². The quantitative estimate of drug-likeness (QED) is 0.611. The van der Waals surface area contributed by atoms with Crippen molar-refractivity contribution in [1.29, 1.82) is 0 Å². The number of aliphatic carboxylic acids is 1. The summed E-state index contributed by atoms with van der Waals surface area (Å²) in [6.07, 6.45) is 0.0415. The SMILES string of the molecule is COC(C)(C)COCCC(=O)O. The minimum Gasteiger partial charge on any atom is -0.481 e. The van der Waals surface area contributed by atoms with Gasteiger partial charge in [0.25, 0.3) is 0 Å². The lowest BCUT2D eigenvalue weighted by Crippen LogP contribution is -2.29. The Balaban J connectivity index is 3.37. The zero-order valence-electron chi connectivity index (χ0n) is 7.79. The first-order valence-corrected chi connectivity index (χ1v) is 3.82. The molecule has 0 amide bonds. The predicted octanol–water partition coefficient (Wildman–Crippen LogP) is 0.903. The van der Waals surface area contributed by atoms with Gasteiger partial charge in [-0.3, -0.25) is 4.79 Å². The number of hydrogen-bond donors (Lipinski definition) is 1. The van der Waals surface area contributed by atoms with Gasteiger partial charge in [-0.2, -0.15) is 0 Å². The summed E-state index contributed by atoms with van der Waals surface area (Å²) in [6.45, 7) is 4.42. The average molecular weight is 176 g/mol. The van der Waals surface area contributed by atoms with Crippen LogP contribution in [0.25, 0.3) is 0 Å². The maximum atomic E-state index is 10.1. The Morgan fingerprint density at radius 2 is 2.08 bits per heavy atom. The third-order valence-electron chi connectivity index (χ3n) is 1.46. The Morgan fingerprint density at radius 1 is 1.50 bits per heavy atom. The zero-order chi connectivity index (χ0) is 9.61. The molecule has 12 heavy (non-hydrogen) atoms. The predicted molar refractivity (Wildman–Crippen MR) is 44.2 cm³/mol. The molecule has 0 fully saturated rings. The van der Waals surface area contributed by atoms with E-state index in [9.17, 15) is 4.79 Å². The van der Waals surface area contributed by atoms with Gasteiger partial charge < -0.3 is 14.6 Å². The maximum absolute atomic E-state index is 10.1. The molecule has 0 saturated carbocycles. The van der Waals surface area contributed by atoms with Crippen molar-refractivity contribution < 1.29 is 19.4 Å². The summed E-state index contributed by atoms with van der Waals surface area (Å²) in [5, 5.41) is 8.29. The molecule has 0 aromatic heterocycles. The van der Waals surface area contributed by atoms with Crippen molar-refractivity contribution >= 4 is 5.97 Å². The van der Waals surface area contributed by atoms with Crippen molar-refractivity contribution in [3.8, 4) is 0 Å². The van der Waals surface area contributed by atoms with Crippen LogP contribution in [0.2, 0.25) is 0 Å². The maximum Gasteiger partial charge on any atom is 0.305 e. The number of ether oxygens (including phenoxy) is 2. The largest absolute Gasteiger partial charge is 0.481 e. The van der Waals surface area contributed by atoms with Crippen LogP contribution in [-0.2, 0) is 14.3 Å². The first-order valence-electron chi connectivity index (χ1n) is 3.82. The van der Waals surface area contributed by atoms with E-state index < -0.39 is 5.97 Å². The van der Waals surface area contributed by atoms with Gasteiger partial charge in [0.2, 0.25) is 0 Å². The summed E-state index contributed by atoms with van der Waals surface area (Å²) in [4.78, 5) is 10.1. The molecular formula is C8H16O4. The Morgan fingerprint density at radius 3 is 2.50 bits per heavy atom. The van der Waals surface area contributed by atoms with Crippen molar-refractivity contribution in [2.45, 2.75) is 25.9 Å². The molecule has 72 valence electrons. The smallest absolute Gasteiger partial charge is 0.305 e. The van der Waals surface area contributed by atoms with E-state index in [0.717, 1.165) is 0 Å². The fraction of sp³-hybridized carbons (Fsp3) is 0.875. The lowest BCUT2D eigenvalue weighted by Gasteiger charge is -2.22. The number of rotatable bonds is 6. The lowest BCUT2D eigenvalue weighted by molar-refractivity contribution is -0.139. The second kappa shape index (κ2) is 5.11. The van der Waals surface area contributed by atoms with E-state index in [2.05, 4.69) is 0 Å². The third-order valence-corrected chi connectivity index (χ3v) is 1.46. The number of carboxylic acid groups (broad SMARTS) is 1. The van der Waals surface area contributed by atoms with E-state index >= 15 is 0 Å². The van der Waals surface area contributed by atoms with Gasteiger partial charge >= 0.3 is 5.97 Å². The molecule has 0 saturated heterocycles. The van der Waals surface area contributed by atoms with E-state index in [4.69, 9.17) is 14.6 Å². The first kappa shape index (κ1) is 11.4. The van der Waals surface area contributed by atoms with Crippen LogP contribution in [0.5, 0.6) is 0 Å². The molecule has 0 atom stereocenters. The van der Waals surface area contributed by atoms with Crippen LogP contribution >= 0.6 is 0 Å². The topological polar surface area (TPSA) is 55.8 Å². The molecule has 0 bridgehead atoms. The summed E-state index contributed by atoms with van der Waals surface area (Å²) in [5.41, 5.74) is -0.335. The minimum absolute atomic E-state index is 0.0415. The van der Waals surface area contributed by atoms with Crippen molar-refractivity contribution in [3.05, 3.63) is 0 Å². The number of carbonyl (C=O) groups is 1. The molecule has 1 N–H and O–H groups in total. The highest BCUT2D eigenvalue weighted by atomic mass is 16.5. The molecule has 4 nitrogen and oxygen atoms in total. The van der Waals surface area contributed by atoms with E-state index in [-0.39, 0.29) is 18.6 Å². The molecule has 0 unspecified atom stereocenters. The molecule has 0 radical (unpaired) electrons. The zero-order valence-corrected chi connectivity index (χ0v) is 7.79. The van der Waals surface area contributed by atoms with Crippen molar-refractivity contribution in [2.75, 3.05) is 20.3 Å². The molecule has 0 rings (SSSR count). The Hall–Kier alpha value is -0.610. The normalized spacial score (nSPS) is 11.6. The van der Waals surface area contributed by atoms with E-state index in [1.54, 1.807) is 7.11 Å². The van der Waals surface area contributed by atoms with Crippen molar-refractivity contribution in [2.24, 2.45) is 0 Å². The van der Waals surface area contributed by atoms with Gasteiger partial charge in [-0.05, 0) is 13.8 Å². The van der Waals surface area contributed by atoms with Crippen molar-refractivity contribution in [1.82, 2.24) is 0 Å². The Kier molecular flexibility index (Phi) is 4.85. The van der Waals surface area contributed by atoms with E-state index in [0.29, 0.717) is 6.61 Å². The molecule has 0 heterocycles. The van der Waals surface area contributed by atoms with Gasteiger partial charge in [0, 0.05) is 7.11 Å². The molecule has 4 heteroatoms. The van der Waals surface area contributed by atoms with Crippen LogP contribution in [0.15, 0.2) is 0 Å². The fourth-order valence-corrected chi connectivity index (χ4v) is 0.536. The highest BCUT2D eigenvalue weighted by Crippen LogP contribution is 2.07. The van der Waals surface area contributed by atoms with Crippen LogP contribution in [0.3, 0.4) is 0 Å².